The van der Waals surface area contributed by atoms with Gasteiger partial charge in [0.15, 0.2) is 0 Å². The molecule has 0 fully saturated rings. The fraction of sp³-hybridized carbons (Fsp3) is 0.0588. The van der Waals surface area contributed by atoms with Gasteiger partial charge in [-0.1, -0.05) is 29.8 Å². The van der Waals surface area contributed by atoms with Crippen molar-refractivity contribution in [2.75, 3.05) is 0 Å². The average molecular weight is 294 g/mol. The van der Waals surface area contributed by atoms with Crippen molar-refractivity contribution in [2.24, 2.45) is 7.05 Å². The number of aromatic nitrogens is 3. The highest BCUT2D eigenvalue weighted by Gasteiger charge is 2.12. The molecular weight excluding hydrogens is 282 g/mol. The molecule has 0 aliphatic rings. The van der Waals surface area contributed by atoms with E-state index in [1.165, 1.54) is 0 Å². The van der Waals surface area contributed by atoms with E-state index in [0.29, 0.717) is 5.02 Å². The molecule has 0 spiro atoms. The predicted octanol–water partition coefficient (Wildman–Crippen LogP) is 4.44. The molecule has 4 heteroatoms. The molecule has 4 aromatic rings. The molecule has 21 heavy (non-hydrogen) atoms. The maximum Gasteiger partial charge on any atom is 0.0832 e. The van der Waals surface area contributed by atoms with Crippen molar-refractivity contribution in [3.63, 3.8) is 0 Å². The molecular formula is C17H12ClN3. The van der Waals surface area contributed by atoms with Gasteiger partial charge >= 0.3 is 0 Å². The highest BCUT2D eigenvalue weighted by atomic mass is 35.5. The van der Waals surface area contributed by atoms with Crippen LogP contribution in [-0.4, -0.2) is 14.5 Å². The number of pyridine rings is 2. The molecule has 0 atom stereocenters. The molecule has 0 bridgehead atoms. The fourth-order valence-corrected chi connectivity index (χ4v) is 3.12. The summed E-state index contributed by atoms with van der Waals surface area (Å²) in [5.74, 6) is 0. The van der Waals surface area contributed by atoms with E-state index in [-0.39, 0.29) is 0 Å². The van der Waals surface area contributed by atoms with Gasteiger partial charge in [0.05, 0.1) is 10.5 Å². The topological polar surface area (TPSA) is 30.7 Å². The highest BCUT2D eigenvalue weighted by Crippen LogP contribution is 2.33. The van der Waals surface area contributed by atoms with Crippen LogP contribution in [0.3, 0.4) is 0 Å². The van der Waals surface area contributed by atoms with Gasteiger partial charge in [0, 0.05) is 53.7 Å². The van der Waals surface area contributed by atoms with Gasteiger partial charge in [0.25, 0.3) is 0 Å². The van der Waals surface area contributed by atoms with Gasteiger partial charge in [-0.05, 0) is 17.7 Å². The zero-order chi connectivity index (χ0) is 14.4. The molecule has 0 saturated heterocycles. The third kappa shape index (κ3) is 1.82. The van der Waals surface area contributed by atoms with Crippen LogP contribution >= 0.6 is 11.6 Å². The Morgan fingerprint density at radius 2 is 1.86 bits per heavy atom. The van der Waals surface area contributed by atoms with Gasteiger partial charge in [-0.3, -0.25) is 9.97 Å². The second-order valence-corrected chi connectivity index (χ2v) is 5.46. The van der Waals surface area contributed by atoms with Crippen molar-refractivity contribution >= 4 is 33.4 Å². The predicted molar refractivity (Wildman–Crippen MR) is 86.5 cm³/mol. The van der Waals surface area contributed by atoms with E-state index in [0.717, 1.165) is 32.9 Å². The number of halogens is 1. The van der Waals surface area contributed by atoms with Gasteiger partial charge in [-0.2, -0.15) is 0 Å². The van der Waals surface area contributed by atoms with E-state index >= 15 is 0 Å². The molecule has 1 aromatic carbocycles. The van der Waals surface area contributed by atoms with Crippen LogP contribution in [-0.2, 0) is 7.05 Å². The van der Waals surface area contributed by atoms with Crippen molar-refractivity contribution in [1.82, 2.24) is 14.5 Å². The molecule has 4 rings (SSSR count). The Balaban J connectivity index is 2.07. The molecule has 0 aliphatic heterocycles. The SMILES string of the molecule is Cn1c2cc(-c3cccnc3)ccc2c2cncc(Cl)c21. The molecule has 0 radical (unpaired) electrons. The van der Waals surface area contributed by atoms with Gasteiger partial charge in [0.2, 0.25) is 0 Å². The standard InChI is InChI=1S/C17H12ClN3/c1-21-16-7-11(12-3-2-6-19-8-12)4-5-13(16)14-9-20-10-15(18)17(14)21/h2-10H,1H3. The minimum atomic E-state index is 0.675. The Labute approximate surface area is 126 Å². The van der Waals surface area contributed by atoms with Gasteiger partial charge in [-0.15, -0.1) is 0 Å². The van der Waals surface area contributed by atoms with Crippen LogP contribution in [0.4, 0.5) is 0 Å². The third-order valence-corrected chi connectivity index (χ3v) is 4.13. The molecule has 3 heterocycles. The number of hydrogen-bond donors (Lipinski definition) is 0. The van der Waals surface area contributed by atoms with Gasteiger partial charge in [-0.25, -0.2) is 0 Å². The lowest BCUT2D eigenvalue weighted by Gasteiger charge is -2.03. The highest BCUT2D eigenvalue weighted by molar-refractivity contribution is 6.36. The molecule has 0 amide bonds. The molecule has 3 aromatic heterocycles. The average Bonchev–Trinajstić information content (AvgIpc) is 2.82. The van der Waals surface area contributed by atoms with Crippen LogP contribution < -0.4 is 0 Å². The van der Waals surface area contributed by atoms with Crippen LogP contribution in [0.25, 0.3) is 32.9 Å². The summed E-state index contributed by atoms with van der Waals surface area (Å²) in [6, 6.07) is 10.4. The summed E-state index contributed by atoms with van der Waals surface area (Å²) in [5, 5.41) is 2.92. The van der Waals surface area contributed by atoms with E-state index in [4.69, 9.17) is 11.6 Å². The van der Waals surface area contributed by atoms with E-state index in [9.17, 15) is 0 Å². The molecule has 0 unspecified atom stereocenters. The second kappa shape index (κ2) is 4.57. The number of hydrogen-bond acceptors (Lipinski definition) is 2. The molecule has 0 N–H and O–H groups in total. The minimum absolute atomic E-state index is 0.675. The molecule has 102 valence electrons. The first kappa shape index (κ1) is 12.4. The van der Waals surface area contributed by atoms with E-state index < -0.39 is 0 Å². The van der Waals surface area contributed by atoms with E-state index in [2.05, 4.69) is 38.8 Å². The number of rotatable bonds is 1. The summed E-state index contributed by atoms with van der Waals surface area (Å²) >= 11 is 6.30. The van der Waals surface area contributed by atoms with Crippen molar-refractivity contribution < 1.29 is 0 Å². The van der Waals surface area contributed by atoms with Crippen LogP contribution in [0.5, 0.6) is 0 Å². The maximum absolute atomic E-state index is 6.30. The summed E-state index contributed by atoms with van der Waals surface area (Å²) in [6.45, 7) is 0. The molecule has 3 nitrogen and oxygen atoms in total. The lowest BCUT2D eigenvalue weighted by molar-refractivity contribution is 1.01. The van der Waals surface area contributed by atoms with Crippen LogP contribution in [0, 0.1) is 0 Å². The zero-order valence-electron chi connectivity index (χ0n) is 11.4. The molecule has 0 saturated carbocycles. The number of nitrogens with zero attached hydrogens (tertiary/aromatic N) is 3. The molecule has 0 aliphatic carbocycles. The Morgan fingerprint density at radius 3 is 2.67 bits per heavy atom. The summed E-state index contributed by atoms with van der Waals surface area (Å²) in [7, 11) is 2.03. The maximum atomic E-state index is 6.30. The van der Waals surface area contributed by atoms with Crippen LogP contribution in [0.15, 0.2) is 55.1 Å². The largest absolute Gasteiger partial charge is 0.342 e. The van der Waals surface area contributed by atoms with Gasteiger partial charge < -0.3 is 4.57 Å². The zero-order valence-corrected chi connectivity index (χ0v) is 12.2. The quantitative estimate of drug-likeness (QED) is 0.519. The van der Waals surface area contributed by atoms with Crippen molar-refractivity contribution in [3.8, 4) is 11.1 Å². The Bertz CT molecular complexity index is 958. The first-order valence-corrected chi connectivity index (χ1v) is 7.05. The minimum Gasteiger partial charge on any atom is -0.342 e. The normalized spacial score (nSPS) is 11.3. The Hall–Kier alpha value is -2.39. The summed E-state index contributed by atoms with van der Waals surface area (Å²) in [6.07, 6.45) is 7.21. The second-order valence-electron chi connectivity index (χ2n) is 5.05. The number of fused-ring (bicyclic) bond motifs is 3. The van der Waals surface area contributed by atoms with E-state index in [1.807, 2.05) is 25.5 Å². The smallest absolute Gasteiger partial charge is 0.0832 e. The van der Waals surface area contributed by atoms with Crippen molar-refractivity contribution in [3.05, 3.63) is 60.1 Å². The fourth-order valence-electron chi connectivity index (χ4n) is 2.84. The van der Waals surface area contributed by atoms with Crippen LogP contribution in [0.2, 0.25) is 5.02 Å². The lowest BCUT2D eigenvalue weighted by atomic mass is 10.1. The lowest BCUT2D eigenvalue weighted by Crippen LogP contribution is -1.88. The van der Waals surface area contributed by atoms with Crippen molar-refractivity contribution in [2.45, 2.75) is 0 Å². The Kier molecular flexibility index (Phi) is 2.69. The van der Waals surface area contributed by atoms with Crippen LogP contribution in [0.1, 0.15) is 0 Å². The summed E-state index contributed by atoms with van der Waals surface area (Å²) < 4.78 is 2.12. The van der Waals surface area contributed by atoms with Crippen molar-refractivity contribution in [1.29, 1.82) is 0 Å². The monoisotopic (exact) mass is 293 g/mol. The first-order chi connectivity index (χ1) is 10.3. The Morgan fingerprint density at radius 1 is 0.952 bits per heavy atom. The summed E-state index contributed by atoms with van der Waals surface area (Å²) in [4.78, 5) is 8.38. The number of aryl methyl sites for hydroxylation is 1. The first-order valence-electron chi connectivity index (χ1n) is 6.68. The van der Waals surface area contributed by atoms with E-state index in [1.54, 1.807) is 12.4 Å². The number of benzene rings is 1. The van der Waals surface area contributed by atoms with Gasteiger partial charge in [0.1, 0.15) is 0 Å². The third-order valence-electron chi connectivity index (χ3n) is 3.85. The summed E-state index contributed by atoms with van der Waals surface area (Å²) in [5.41, 5.74) is 4.41.